The predicted molar refractivity (Wildman–Crippen MR) is 66.9 cm³/mol. The lowest BCUT2D eigenvalue weighted by Crippen LogP contribution is -2.37. The monoisotopic (exact) mass is 238 g/mol. The molecule has 2 rings (SSSR count). The van der Waals surface area contributed by atoms with Crippen LogP contribution >= 0.6 is 12.2 Å². The molecule has 16 heavy (non-hydrogen) atoms. The van der Waals surface area contributed by atoms with Crippen LogP contribution in [0.5, 0.6) is 0 Å². The lowest BCUT2D eigenvalue weighted by molar-refractivity contribution is 0.627. The van der Waals surface area contributed by atoms with Crippen LogP contribution in [0.3, 0.4) is 0 Å². The zero-order valence-electron chi connectivity index (χ0n) is 9.00. The van der Waals surface area contributed by atoms with E-state index < -0.39 is 0 Å². The van der Waals surface area contributed by atoms with Gasteiger partial charge in [0.05, 0.1) is 0 Å². The normalized spacial score (nSPS) is 14.6. The summed E-state index contributed by atoms with van der Waals surface area (Å²) in [4.78, 5) is 0. The van der Waals surface area contributed by atoms with Crippen LogP contribution in [-0.4, -0.2) is 17.7 Å². The molecular weight excluding hydrogens is 223 g/mol. The molecule has 0 saturated heterocycles. The van der Waals surface area contributed by atoms with Gasteiger partial charge in [0, 0.05) is 12.6 Å². The molecule has 1 aromatic carbocycles. The summed E-state index contributed by atoms with van der Waals surface area (Å²) in [7, 11) is 0. The number of hydrogen-bond donors (Lipinski definition) is 2. The van der Waals surface area contributed by atoms with Crippen LogP contribution in [0.1, 0.15) is 18.4 Å². The summed E-state index contributed by atoms with van der Waals surface area (Å²) in [5.41, 5.74) is 1.11. The second-order valence-corrected chi connectivity index (χ2v) is 4.46. The van der Waals surface area contributed by atoms with Gasteiger partial charge in [0.1, 0.15) is 5.82 Å². The maximum Gasteiger partial charge on any atom is 0.166 e. The van der Waals surface area contributed by atoms with Crippen molar-refractivity contribution in [1.82, 2.24) is 10.6 Å². The van der Waals surface area contributed by atoms with Crippen molar-refractivity contribution in [2.45, 2.75) is 25.3 Å². The van der Waals surface area contributed by atoms with Gasteiger partial charge in [0.15, 0.2) is 5.11 Å². The Hall–Kier alpha value is -1.16. The van der Waals surface area contributed by atoms with Gasteiger partial charge in [0.25, 0.3) is 0 Å². The molecule has 2 N–H and O–H groups in total. The van der Waals surface area contributed by atoms with Crippen molar-refractivity contribution in [3.63, 3.8) is 0 Å². The highest BCUT2D eigenvalue weighted by Crippen LogP contribution is 2.18. The summed E-state index contributed by atoms with van der Waals surface area (Å²) >= 11 is 5.12. The lowest BCUT2D eigenvalue weighted by atomic mass is 10.1. The van der Waals surface area contributed by atoms with Gasteiger partial charge in [-0.2, -0.15) is 0 Å². The lowest BCUT2D eigenvalue weighted by Gasteiger charge is -2.09. The fourth-order valence-electron chi connectivity index (χ4n) is 1.44. The van der Waals surface area contributed by atoms with Crippen LogP contribution in [0.4, 0.5) is 4.39 Å². The number of nitrogens with one attached hydrogen (secondary N) is 2. The minimum atomic E-state index is -0.192. The first kappa shape index (κ1) is 11.3. The molecule has 0 atom stereocenters. The molecule has 1 saturated carbocycles. The van der Waals surface area contributed by atoms with Crippen molar-refractivity contribution in [3.8, 4) is 0 Å². The Kier molecular flexibility index (Phi) is 3.72. The minimum absolute atomic E-state index is 0.192. The van der Waals surface area contributed by atoms with Gasteiger partial charge in [-0.05, 0) is 49.2 Å². The average Bonchev–Trinajstić information content (AvgIpc) is 3.05. The van der Waals surface area contributed by atoms with Crippen LogP contribution < -0.4 is 10.6 Å². The van der Waals surface area contributed by atoms with E-state index in [0.717, 1.165) is 23.6 Å². The quantitative estimate of drug-likeness (QED) is 0.785. The topological polar surface area (TPSA) is 24.1 Å². The first-order valence-electron chi connectivity index (χ1n) is 5.53. The maximum absolute atomic E-state index is 12.6. The summed E-state index contributed by atoms with van der Waals surface area (Å²) in [6, 6.07) is 7.15. The summed E-state index contributed by atoms with van der Waals surface area (Å²) in [5.74, 6) is -0.192. The average molecular weight is 238 g/mol. The third-order valence-corrected chi connectivity index (χ3v) is 2.79. The van der Waals surface area contributed by atoms with E-state index in [1.165, 1.54) is 25.0 Å². The molecule has 1 aliphatic carbocycles. The van der Waals surface area contributed by atoms with Gasteiger partial charge in [-0.3, -0.25) is 0 Å². The molecule has 0 radical (unpaired) electrons. The van der Waals surface area contributed by atoms with Crippen LogP contribution in [0.2, 0.25) is 0 Å². The zero-order valence-corrected chi connectivity index (χ0v) is 9.82. The van der Waals surface area contributed by atoms with Crippen LogP contribution in [-0.2, 0) is 6.42 Å². The van der Waals surface area contributed by atoms with Crippen LogP contribution in [0.25, 0.3) is 0 Å². The Morgan fingerprint density at radius 3 is 2.62 bits per heavy atom. The van der Waals surface area contributed by atoms with Gasteiger partial charge in [-0.15, -0.1) is 0 Å². The van der Waals surface area contributed by atoms with Crippen molar-refractivity contribution in [1.29, 1.82) is 0 Å². The predicted octanol–water partition coefficient (Wildman–Crippen LogP) is 1.99. The summed E-state index contributed by atoms with van der Waals surface area (Å²) in [6.07, 6.45) is 3.30. The first-order valence-corrected chi connectivity index (χ1v) is 5.94. The van der Waals surface area contributed by atoms with E-state index in [1.807, 2.05) is 0 Å². The third-order valence-electron chi connectivity index (χ3n) is 2.53. The maximum atomic E-state index is 12.6. The van der Waals surface area contributed by atoms with Crippen molar-refractivity contribution < 1.29 is 4.39 Å². The van der Waals surface area contributed by atoms with E-state index in [0.29, 0.717) is 6.04 Å². The second kappa shape index (κ2) is 5.25. The molecular formula is C12H15FN2S. The third kappa shape index (κ3) is 3.77. The molecule has 86 valence electrons. The molecule has 0 amide bonds. The molecule has 1 fully saturated rings. The SMILES string of the molecule is Fc1ccc(CCNC(=S)NC2CC2)cc1. The molecule has 1 aliphatic rings. The molecule has 0 aromatic heterocycles. The van der Waals surface area contributed by atoms with E-state index >= 15 is 0 Å². The second-order valence-electron chi connectivity index (χ2n) is 4.05. The number of halogens is 1. The van der Waals surface area contributed by atoms with Crippen molar-refractivity contribution in [2.75, 3.05) is 6.54 Å². The van der Waals surface area contributed by atoms with Crippen LogP contribution in [0, 0.1) is 5.82 Å². The Balaban J connectivity index is 1.66. The molecule has 0 unspecified atom stereocenters. The van der Waals surface area contributed by atoms with Gasteiger partial charge in [-0.1, -0.05) is 12.1 Å². The van der Waals surface area contributed by atoms with Crippen molar-refractivity contribution >= 4 is 17.3 Å². The Bertz CT molecular complexity index is 360. The van der Waals surface area contributed by atoms with Gasteiger partial charge >= 0.3 is 0 Å². The highest BCUT2D eigenvalue weighted by molar-refractivity contribution is 7.80. The molecule has 0 heterocycles. The molecule has 0 aliphatic heterocycles. The molecule has 1 aromatic rings. The summed E-state index contributed by atoms with van der Waals surface area (Å²) in [6.45, 7) is 0.782. The fraction of sp³-hybridized carbons (Fsp3) is 0.417. The Labute approximate surface area is 100 Å². The fourth-order valence-corrected chi connectivity index (χ4v) is 1.70. The largest absolute Gasteiger partial charge is 0.362 e. The summed E-state index contributed by atoms with van der Waals surface area (Å²) in [5, 5.41) is 7.08. The Morgan fingerprint density at radius 1 is 1.31 bits per heavy atom. The molecule has 2 nitrogen and oxygen atoms in total. The summed E-state index contributed by atoms with van der Waals surface area (Å²) < 4.78 is 12.6. The first-order chi connectivity index (χ1) is 7.74. The van der Waals surface area contributed by atoms with E-state index in [-0.39, 0.29) is 5.82 Å². The molecule has 0 spiro atoms. The number of rotatable bonds is 4. The van der Waals surface area contributed by atoms with Crippen molar-refractivity contribution in [3.05, 3.63) is 35.6 Å². The van der Waals surface area contributed by atoms with Gasteiger partial charge in [-0.25, -0.2) is 4.39 Å². The number of benzene rings is 1. The molecule has 4 heteroatoms. The van der Waals surface area contributed by atoms with Crippen LogP contribution in [0.15, 0.2) is 24.3 Å². The smallest absolute Gasteiger partial charge is 0.166 e. The number of hydrogen-bond acceptors (Lipinski definition) is 1. The zero-order chi connectivity index (χ0) is 11.4. The van der Waals surface area contributed by atoms with Gasteiger partial charge in [0.2, 0.25) is 0 Å². The highest BCUT2D eigenvalue weighted by Gasteiger charge is 2.21. The van der Waals surface area contributed by atoms with E-state index in [1.54, 1.807) is 12.1 Å². The molecule has 0 bridgehead atoms. The minimum Gasteiger partial charge on any atom is -0.362 e. The number of thiocarbonyl (C=S) groups is 1. The standard InChI is InChI=1S/C12H15FN2S/c13-10-3-1-9(2-4-10)7-8-14-12(16)15-11-5-6-11/h1-4,11H,5-8H2,(H2,14,15,16). The van der Waals surface area contributed by atoms with Gasteiger partial charge < -0.3 is 10.6 Å². The Morgan fingerprint density at radius 2 is 2.00 bits per heavy atom. The van der Waals surface area contributed by atoms with E-state index in [2.05, 4.69) is 10.6 Å². The highest BCUT2D eigenvalue weighted by atomic mass is 32.1. The van der Waals surface area contributed by atoms with E-state index in [4.69, 9.17) is 12.2 Å². The van der Waals surface area contributed by atoms with E-state index in [9.17, 15) is 4.39 Å². The van der Waals surface area contributed by atoms with Crippen molar-refractivity contribution in [2.24, 2.45) is 0 Å².